The first-order chi connectivity index (χ1) is 15.9. The van der Waals surface area contributed by atoms with Crippen LogP contribution in [0.1, 0.15) is 41.4 Å². The Labute approximate surface area is 200 Å². The van der Waals surface area contributed by atoms with Crippen molar-refractivity contribution < 1.29 is 9.59 Å². The largest absolute Gasteiger partial charge is 0.339 e. The summed E-state index contributed by atoms with van der Waals surface area (Å²) in [7, 11) is 0. The highest BCUT2D eigenvalue weighted by molar-refractivity contribution is 6.30. The van der Waals surface area contributed by atoms with E-state index < -0.39 is 0 Å². The molecule has 1 fully saturated rings. The van der Waals surface area contributed by atoms with Crippen LogP contribution in [0.15, 0.2) is 54.6 Å². The zero-order valence-corrected chi connectivity index (χ0v) is 20.2. The van der Waals surface area contributed by atoms with Crippen LogP contribution >= 0.6 is 11.6 Å². The molecule has 0 aliphatic carbocycles. The SMILES string of the molecule is CCCC(=O)N1CCN(C(=O)c2cc(-c3ccc(Cl)cc3)n(-c3ccccc3C)c2C)CC1. The van der Waals surface area contributed by atoms with E-state index in [1.165, 1.54) is 0 Å². The van der Waals surface area contributed by atoms with Gasteiger partial charge in [0.2, 0.25) is 5.91 Å². The van der Waals surface area contributed by atoms with Gasteiger partial charge in [-0.25, -0.2) is 0 Å². The van der Waals surface area contributed by atoms with E-state index in [9.17, 15) is 9.59 Å². The highest BCUT2D eigenvalue weighted by atomic mass is 35.5. The number of nitrogens with zero attached hydrogens (tertiary/aromatic N) is 3. The zero-order valence-electron chi connectivity index (χ0n) is 19.5. The number of hydrogen-bond acceptors (Lipinski definition) is 2. The Bertz CT molecular complexity index is 1160. The smallest absolute Gasteiger partial charge is 0.255 e. The first-order valence-corrected chi connectivity index (χ1v) is 11.9. The molecule has 4 rings (SSSR count). The third kappa shape index (κ3) is 4.69. The second kappa shape index (κ2) is 9.84. The molecule has 0 N–H and O–H groups in total. The van der Waals surface area contributed by atoms with Crippen LogP contribution in [0.25, 0.3) is 16.9 Å². The Morgan fingerprint density at radius 2 is 1.55 bits per heavy atom. The first-order valence-electron chi connectivity index (χ1n) is 11.5. The molecule has 2 heterocycles. The number of carbonyl (C=O) groups excluding carboxylic acids is 2. The van der Waals surface area contributed by atoms with Crippen LogP contribution < -0.4 is 0 Å². The monoisotopic (exact) mass is 463 g/mol. The Morgan fingerprint density at radius 3 is 2.18 bits per heavy atom. The topological polar surface area (TPSA) is 45.6 Å². The van der Waals surface area contributed by atoms with Gasteiger partial charge in [-0.3, -0.25) is 9.59 Å². The Morgan fingerprint density at radius 1 is 0.909 bits per heavy atom. The summed E-state index contributed by atoms with van der Waals surface area (Å²) in [5.41, 5.74) is 5.74. The summed E-state index contributed by atoms with van der Waals surface area (Å²) in [6.07, 6.45) is 1.41. The van der Waals surface area contributed by atoms with Crippen LogP contribution in [0.5, 0.6) is 0 Å². The molecule has 0 bridgehead atoms. The van der Waals surface area contributed by atoms with Crippen molar-refractivity contribution in [1.82, 2.24) is 14.4 Å². The fourth-order valence-corrected chi connectivity index (χ4v) is 4.61. The van der Waals surface area contributed by atoms with Crippen molar-refractivity contribution in [2.75, 3.05) is 26.2 Å². The van der Waals surface area contributed by atoms with Gasteiger partial charge < -0.3 is 14.4 Å². The maximum Gasteiger partial charge on any atom is 0.255 e. The molecule has 1 aliphatic heterocycles. The lowest BCUT2D eigenvalue weighted by atomic mass is 10.1. The van der Waals surface area contributed by atoms with Gasteiger partial charge in [0.15, 0.2) is 0 Å². The van der Waals surface area contributed by atoms with E-state index in [2.05, 4.69) is 23.6 Å². The Kier molecular flexibility index (Phi) is 6.89. The highest BCUT2D eigenvalue weighted by Crippen LogP contribution is 2.32. The molecule has 0 spiro atoms. The van der Waals surface area contributed by atoms with Crippen LogP contribution in [-0.4, -0.2) is 52.4 Å². The molecule has 0 unspecified atom stereocenters. The normalized spacial score (nSPS) is 13.9. The van der Waals surface area contributed by atoms with Gasteiger partial charge in [0.1, 0.15) is 0 Å². The van der Waals surface area contributed by atoms with Crippen LogP contribution in [0.4, 0.5) is 0 Å². The molecule has 1 saturated heterocycles. The van der Waals surface area contributed by atoms with Crippen molar-refractivity contribution in [2.24, 2.45) is 0 Å². The maximum atomic E-state index is 13.6. The lowest BCUT2D eigenvalue weighted by Gasteiger charge is -2.34. The standard InChI is InChI=1S/C27H30ClN3O2/c1-4-7-26(32)29-14-16-30(17-15-29)27(33)23-18-25(21-10-12-22(28)13-11-21)31(20(23)3)24-9-6-5-8-19(24)2/h5-6,8-13,18H,4,7,14-17H2,1-3H3. The number of aryl methyl sites for hydroxylation is 1. The predicted molar refractivity (Wildman–Crippen MR) is 133 cm³/mol. The second-order valence-electron chi connectivity index (χ2n) is 8.58. The van der Waals surface area contributed by atoms with Gasteiger partial charge in [-0.1, -0.05) is 48.9 Å². The summed E-state index contributed by atoms with van der Waals surface area (Å²) in [6, 6.07) is 17.9. The molecular weight excluding hydrogens is 434 g/mol. The van der Waals surface area contributed by atoms with Crippen molar-refractivity contribution in [3.63, 3.8) is 0 Å². The van der Waals surface area contributed by atoms with Crippen molar-refractivity contribution in [3.8, 4) is 16.9 Å². The molecule has 0 saturated carbocycles. The van der Waals surface area contributed by atoms with E-state index in [0.717, 1.165) is 34.6 Å². The van der Waals surface area contributed by atoms with E-state index in [4.69, 9.17) is 11.6 Å². The molecule has 172 valence electrons. The molecular formula is C27H30ClN3O2. The van der Waals surface area contributed by atoms with Gasteiger partial charge in [-0.05, 0) is 55.7 Å². The second-order valence-corrected chi connectivity index (χ2v) is 9.02. The molecule has 1 aromatic heterocycles. The van der Waals surface area contributed by atoms with Gasteiger partial charge >= 0.3 is 0 Å². The van der Waals surface area contributed by atoms with Crippen LogP contribution in [0.3, 0.4) is 0 Å². The minimum atomic E-state index is 0.0117. The summed E-state index contributed by atoms with van der Waals surface area (Å²) in [5, 5.41) is 0.677. The summed E-state index contributed by atoms with van der Waals surface area (Å²) in [4.78, 5) is 29.5. The fourth-order valence-electron chi connectivity index (χ4n) is 4.48. The third-order valence-electron chi connectivity index (χ3n) is 6.36. The van der Waals surface area contributed by atoms with Gasteiger partial charge in [0.25, 0.3) is 5.91 Å². The molecule has 0 atom stereocenters. The van der Waals surface area contributed by atoms with Gasteiger partial charge in [0.05, 0.1) is 11.3 Å². The van der Waals surface area contributed by atoms with Crippen molar-refractivity contribution in [2.45, 2.75) is 33.6 Å². The first kappa shape index (κ1) is 23.1. The van der Waals surface area contributed by atoms with Crippen LogP contribution in [0, 0.1) is 13.8 Å². The maximum absolute atomic E-state index is 13.6. The fraction of sp³-hybridized carbons (Fsp3) is 0.333. The Balaban J connectivity index is 1.69. The summed E-state index contributed by atoms with van der Waals surface area (Å²) < 4.78 is 2.16. The molecule has 1 aliphatic rings. The van der Waals surface area contributed by atoms with Gasteiger partial charge in [0, 0.05) is 49.0 Å². The molecule has 2 amide bonds. The van der Waals surface area contributed by atoms with E-state index in [0.29, 0.717) is 43.2 Å². The zero-order chi connectivity index (χ0) is 23.5. The van der Waals surface area contributed by atoms with E-state index in [1.54, 1.807) is 0 Å². The predicted octanol–water partition coefficient (Wildman–Crippen LogP) is 5.50. The van der Waals surface area contributed by atoms with Gasteiger partial charge in [-0.15, -0.1) is 0 Å². The molecule has 3 aromatic rings. The molecule has 6 heteroatoms. The van der Waals surface area contributed by atoms with Crippen LogP contribution in [0.2, 0.25) is 5.02 Å². The minimum Gasteiger partial charge on any atom is -0.339 e. The lowest BCUT2D eigenvalue weighted by molar-refractivity contribution is -0.132. The minimum absolute atomic E-state index is 0.0117. The summed E-state index contributed by atoms with van der Waals surface area (Å²) >= 11 is 6.13. The number of rotatable bonds is 5. The van der Waals surface area contributed by atoms with Crippen molar-refractivity contribution >= 4 is 23.4 Å². The number of para-hydroxylation sites is 1. The number of benzene rings is 2. The number of hydrogen-bond donors (Lipinski definition) is 0. The van der Waals surface area contributed by atoms with Crippen molar-refractivity contribution in [1.29, 1.82) is 0 Å². The average molecular weight is 464 g/mol. The number of halogens is 1. The summed E-state index contributed by atoms with van der Waals surface area (Å²) in [5.74, 6) is 0.189. The quantitative estimate of drug-likeness (QED) is 0.501. The molecule has 33 heavy (non-hydrogen) atoms. The van der Waals surface area contributed by atoms with Crippen molar-refractivity contribution in [3.05, 3.63) is 76.4 Å². The lowest BCUT2D eigenvalue weighted by Crippen LogP contribution is -2.50. The molecule has 5 nitrogen and oxygen atoms in total. The average Bonchev–Trinajstić information content (AvgIpc) is 3.16. The third-order valence-corrected chi connectivity index (χ3v) is 6.61. The molecule has 0 radical (unpaired) electrons. The number of amides is 2. The van der Waals surface area contributed by atoms with Crippen LogP contribution in [-0.2, 0) is 4.79 Å². The Hall–Kier alpha value is -3.05. The molecule has 2 aromatic carbocycles. The van der Waals surface area contributed by atoms with E-state index in [1.807, 2.05) is 66.1 Å². The summed E-state index contributed by atoms with van der Waals surface area (Å²) in [6.45, 7) is 8.38. The highest BCUT2D eigenvalue weighted by Gasteiger charge is 2.28. The van der Waals surface area contributed by atoms with E-state index >= 15 is 0 Å². The number of aromatic nitrogens is 1. The van der Waals surface area contributed by atoms with E-state index in [-0.39, 0.29) is 11.8 Å². The number of piperazine rings is 1. The number of carbonyl (C=O) groups is 2. The van der Waals surface area contributed by atoms with Gasteiger partial charge in [-0.2, -0.15) is 0 Å².